The maximum atomic E-state index is 12.8. The number of alkyl halides is 3. The van der Waals surface area contributed by atoms with Gasteiger partial charge in [-0.2, -0.15) is 13.2 Å². The molecule has 1 saturated heterocycles. The summed E-state index contributed by atoms with van der Waals surface area (Å²) >= 11 is 1.66. The fourth-order valence-electron chi connectivity index (χ4n) is 5.18. The Kier molecular flexibility index (Phi) is 7.60. The zero-order chi connectivity index (χ0) is 24.8. The first kappa shape index (κ1) is 26.8. The molecule has 2 aliphatic rings. The molecule has 3 heterocycles. The molecule has 0 N–H and O–H groups in total. The fourth-order valence-corrected chi connectivity index (χ4v) is 6.02. The lowest BCUT2D eigenvalue weighted by atomic mass is 9.97. The van der Waals surface area contributed by atoms with Gasteiger partial charge in [0.15, 0.2) is 11.0 Å². The number of benzene rings is 1. The van der Waals surface area contributed by atoms with Crippen LogP contribution in [0.3, 0.4) is 0 Å². The van der Waals surface area contributed by atoms with Crippen LogP contribution in [0, 0.1) is 5.41 Å². The van der Waals surface area contributed by atoms with Crippen LogP contribution >= 0.6 is 24.2 Å². The predicted molar refractivity (Wildman–Crippen MR) is 137 cm³/mol. The van der Waals surface area contributed by atoms with E-state index in [0.29, 0.717) is 11.7 Å². The van der Waals surface area contributed by atoms with Gasteiger partial charge in [0.25, 0.3) is 5.56 Å². The molecule has 3 aromatic rings. The van der Waals surface area contributed by atoms with Crippen molar-refractivity contribution in [3.63, 3.8) is 0 Å². The molecule has 0 unspecified atom stereocenters. The van der Waals surface area contributed by atoms with Gasteiger partial charge in [-0.05, 0) is 67.4 Å². The molecule has 2 aromatic heterocycles. The maximum Gasteiger partial charge on any atom is 0.416 e. The average Bonchev–Trinajstić information content (AvgIpc) is 3.16. The van der Waals surface area contributed by atoms with Gasteiger partial charge in [-0.3, -0.25) is 4.79 Å². The van der Waals surface area contributed by atoms with Crippen molar-refractivity contribution in [1.29, 1.82) is 0 Å². The number of pyridine rings is 1. The summed E-state index contributed by atoms with van der Waals surface area (Å²) in [5.41, 5.74) is 1.36. The first-order valence-electron chi connectivity index (χ1n) is 11.8. The van der Waals surface area contributed by atoms with Crippen molar-refractivity contribution < 1.29 is 13.2 Å². The van der Waals surface area contributed by atoms with Gasteiger partial charge in [0.05, 0.1) is 5.56 Å². The van der Waals surface area contributed by atoms with Crippen molar-refractivity contribution in [2.45, 2.75) is 36.5 Å². The molecule has 1 aliphatic heterocycles. The Morgan fingerprint density at radius 3 is 2.58 bits per heavy atom. The van der Waals surface area contributed by atoms with E-state index in [9.17, 15) is 18.0 Å². The largest absolute Gasteiger partial charge is 0.416 e. The molecule has 0 bridgehead atoms. The van der Waals surface area contributed by atoms with Crippen molar-refractivity contribution in [2.75, 3.05) is 25.4 Å². The van der Waals surface area contributed by atoms with Gasteiger partial charge in [0, 0.05) is 44.2 Å². The number of hydrogen-bond donors (Lipinski definition) is 0. The Balaban J connectivity index is 0.00000304. The SMILES string of the molecule is Cl.Cn1c(SCCCN2CC[C@]3(C[C@@H]3c3ccc(C(F)(F)F)cc3)C2)nnc1-c1ccn(C)c(=O)c1. The summed E-state index contributed by atoms with van der Waals surface area (Å²) in [4.78, 5) is 14.4. The molecule has 0 amide bonds. The van der Waals surface area contributed by atoms with Gasteiger partial charge in [-0.1, -0.05) is 23.9 Å². The number of hydrogen-bond acceptors (Lipinski definition) is 5. The van der Waals surface area contributed by atoms with Gasteiger partial charge in [-0.25, -0.2) is 0 Å². The molecule has 5 rings (SSSR count). The first-order chi connectivity index (χ1) is 16.7. The quantitative estimate of drug-likeness (QED) is 0.313. The van der Waals surface area contributed by atoms with E-state index in [4.69, 9.17) is 0 Å². The lowest BCUT2D eigenvalue weighted by Crippen LogP contribution is -2.23. The third-order valence-electron chi connectivity index (χ3n) is 7.34. The topological polar surface area (TPSA) is 56.0 Å². The Morgan fingerprint density at radius 2 is 1.89 bits per heavy atom. The maximum absolute atomic E-state index is 12.8. The highest BCUT2D eigenvalue weighted by molar-refractivity contribution is 7.99. The predicted octanol–water partition coefficient (Wildman–Crippen LogP) is 4.98. The summed E-state index contributed by atoms with van der Waals surface area (Å²) in [5.74, 6) is 1.96. The average molecular weight is 540 g/mol. The molecule has 1 aliphatic carbocycles. The van der Waals surface area contributed by atoms with Gasteiger partial charge in [0.1, 0.15) is 0 Å². The molecule has 2 fully saturated rings. The van der Waals surface area contributed by atoms with Crippen molar-refractivity contribution >= 4 is 24.2 Å². The molecule has 0 radical (unpaired) electrons. The minimum Gasteiger partial charge on any atom is -0.319 e. The Labute approximate surface area is 218 Å². The van der Waals surface area contributed by atoms with E-state index < -0.39 is 11.7 Å². The van der Waals surface area contributed by atoms with Crippen molar-refractivity contribution in [3.05, 3.63) is 64.1 Å². The van der Waals surface area contributed by atoms with Crippen molar-refractivity contribution in [2.24, 2.45) is 19.5 Å². The van der Waals surface area contributed by atoms with E-state index in [2.05, 4.69) is 15.1 Å². The molecule has 1 aromatic carbocycles. The highest BCUT2D eigenvalue weighted by Crippen LogP contribution is 2.64. The van der Waals surface area contributed by atoms with Gasteiger partial charge >= 0.3 is 6.18 Å². The van der Waals surface area contributed by atoms with Gasteiger partial charge in [-0.15, -0.1) is 22.6 Å². The molecule has 1 saturated carbocycles. The van der Waals surface area contributed by atoms with Crippen molar-refractivity contribution in [1.82, 2.24) is 24.2 Å². The number of thioether (sulfide) groups is 1. The minimum absolute atomic E-state index is 0. The molecule has 194 valence electrons. The molecule has 36 heavy (non-hydrogen) atoms. The third kappa shape index (κ3) is 5.35. The van der Waals surface area contributed by atoms with Crippen LogP contribution in [0.5, 0.6) is 0 Å². The number of halogens is 4. The second kappa shape index (κ2) is 10.2. The minimum atomic E-state index is -4.28. The van der Waals surface area contributed by atoms with Crippen LogP contribution in [-0.4, -0.2) is 49.6 Å². The normalized spacial score (nSPS) is 21.6. The molecule has 2 atom stereocenters. The van der Waals surface area contributed by atoms with Crippen LogP contribution in [-0.2, 0) is 20.3 Å². The second-order valence-corrected chi connectivity index (χ2v) is 10.8. The fraction of sp³-hybridized carbons (Fsp3) is 0.480. The van der Waals surface area contributed by atoms with E-state index in [-0.39, 0.29) is 23.4 Å². The second-order valence-electron chi connectivity index (χ2n) is 9.70. The summed E-state index contributed by atoms with van der Waals surface area (Å²) in [6.07, 6.45) is 0.626. The highest BCUT2D eigenvalue weighted by atomic mass is 35.5. The summed E-state index contributed by atoms with van der Waals surface area (Å²) in [7, 11) is 3.62. The van der Waals surface area contributed by atoms with Crippen LogP contribution in [0.1, 0.15) is 36.3 Å². The van der Waals surface area contributed by atoms with Crippen molar-refractivity contribution in [3.8, 4) is 11.4 Å². The number of nitrogens with zero attached hydrogens (tertiary/aromatic N) is 5. The van der Waals surface area contributed by atoms with Crippen LogP contribution in [0.4, 0.5) is 13.2 Å². The first-order valence-corrected chi connectivity index (χ1v) is 12.7. The summed E-state index contributed by atoms with van der Waals surface area (Å²) in [5, 5.41) is 9.38. The number of likely N-dealkylation sites (tertiary alicyclic amines) is 1. The van der Waals surface area contributed by atoms with Crippen LogP contribution in [0.15, 0.2) is 52.5 Å². The monoisotopic (exact) mass is 539 g/mol. The van der Waals surface area contributed by atoms with Crippen LogP contribution < -0.4 is 5.56 Å². The lowest BCUT2D eigenvalue weighted by Gasteiger charge is -2.16. The molecular weight excluding hydrogens is 511 g/mol. The van der Waals surface area contributed by atoms with Crippen LogP contribution in [0.2, 0.25) is 0 Å². The lowest BCUT2D eigenvalue weighted by molar-refractivity contribution is -0.137. The smallest absolute Gasteiger partial charge is 0.319 e. The standard InChI is InChI=1S/C25H28F3N5OS.ClH/c1-31-11-8-18(14-21(31)34)22-29-30-23(32(22)2)35-13-3-10-33-12-9-24(16-33)15-20(24)17-4-6-19(7-5-17)25(26,27)28;/h4-8,11,14,20H,3,9-10,12-13,15-16H2,1-2H3;1H/t20-,24+;/m1./s1. The molecule has 1 spiro atoms. The van der Waals surface area contributed by atoms with E-state index in [1.807, 2.05) is 17.7 Å². The number of aromatic nitrogens is 4. The number of aryl methyl sites for hydroxylation is 1. The molecular formula is C25H29ClF3N5OS. The zero-order valence-corrected chi connectivity index (χ0v) is 21.8. The van der Waals surface area contributed by atoms with Gasteiger partial charge in [0.2, 0.25) is 0 Å². The van der Waals surface area contributed by atoms with Gasteiger partial charge < -0.3 is 14.0 Å². The third-order valence-corrected chi connectivity index (χ3v) is 8.45. The van der Waals surface area contributed by atoms with E-state index in [0.717, 1.165) is 60.9 Å². The Hall–Kier alpha value is -2.30. The van der Waals surface area contributed by atoms with E-state index >= 15 is 0 Å². The van der Waals surface area contributed by atoms with Crippen LogP contribution in [0.25, 0.3) is 11.4 Å². The molecule has 6 nitrogen and oxygen atoms in total. The number of rotatable bonds is 7. The summed E-state index contributed by atoms with van der Waals surface area (Å²) in [6, 6.07) is 9.16. The Bertz CT molecular complexity index is 1280. The van der Waals surface area contributed by atoms with E-state index in [1.165, 1.54) is 16.7 Å². The zero-order valence-electron chi connectivity index (χ0n) is 20.2. The molecule has 11 heteroatoms. The van der Waals surface area contributed by atoms with E-state index in [1.54, 1.807) is 43.2 Å². The Morgan fingerprint density at radius 1 is 1.14 bits per heavy atom. The highest BCUT2D eigenvalue weighted by Gasteiger charge is 2.57. The summed E-state index contributed by atoms with van der Waals surface area (Å²) in [6.45, 7) is 3.05. The summed E-state index contributed by atoms with van der Waals surface area (Å²) < 4.78 is 42.0.